The summed E-state index contributed by atoms with van der Waals surface area (Å²) in [5.74, 6) is 0.229. The first kappa shape index (κ1) is 17.8. The third-order valence-corrected chi connectivity index (χ3v) is 4.82. The number of thiazole rings is 1. The zero-order chi connectivity index (χ0) is 18.7. The lowest BCUT2D eigenvalue weighted by molar-refractivity contribution is -0.384. The minimum Gasteiger partial charge on any atom is -0.492 e. The molecule has 0 N–H and O–H groups in total. The normalized spacial score (nSPS) is 11.7. The van der Waals surface area contributed by atoms with E-state index in [4.69, 9.17) is 4.74 Å². The first-order valence-corrected chi connectivity index (χ1v) is 8.95. The molecule has 1 aromatic heterocycles. The third kappa shape index (κ3) is 3.36. The highest BCUT2D eigenvalue weighted by molar-refractivity contribution is 7.16. The Morgan fingerprint density at radius 3 is 2.73 bits per heavy atom. The van der Waals surface area contributed by atoms with Crippen LogP contribution in [0.1, 0.15) is 24.2 Å². The summed E-state index contributed by atoms with van der Waals surface area (Å²) < 4.78 is 8.57. The van der Waals surface area contributed by atoms with Gasteiger partial charge in [0, 0.05) is 24.2 Å². The third-order valence-electron chi connectivity index (χ3n) is 3.78. The standard InChI is InChI=1S/C18H17N3O4S/c1-3-20-16-14(25-4-2)9-6-10-15(16)26-18(20)19-17(22)12-7-5-8-13(11-12)21(23)24/h5-11H,3-4H2,1-2H3. The molecule has 0 aliphatic rings. The van der Waals surface area contributed by atoms with Crippen LogP contribution in [0.5, 0.6) is 5.75 Å². The number of non-ortho nitro benzene ring substituents is 1. The minimum atomic E-state index is -0.531. The molecule has 0 atom stereocenters. The molecular weight excluding hydrogens is 354 g/mol. The van der Waals surface area contributed by atoms with Gasteiger partial charge in [0.1, 0.15) is 11.3 Å². The summed E-state index contributed by atoms with van der Waals surface area (Å²) in [6.07, 6.45) is 0. The van der Waals surface area contributed by atoms with Crippen molar-refractivity contribution in [3.63, 3.8) is 0 Å². The molecule has 0 radical (unpaired) electrons. The first-order valence-electron chi connectivity index (χ1n) is 8.13. The Morgan fingerprint density at radius 1 is 1.27 bits per heavy atom. The fraction of sp³-hybridized carbons (Fsp3) is 0.222. The van der Waals surface area contributed by atoms with E-state index in [0.717, 1.165) is 16.0 Å². The van der Waals surface area contributed by atoms with Gasteiger partial charge in [-0.15, -0.1) is 0 Å². The Kier molecular flexibility index (Phi) is 5.13. The van der Waals surface area contributed by atoms with Gasteiger partial charge in [-0.3, -0.25) is 14.9 Å². The number of carbonyl (C=O) groups excluding carboxylic acids is 1. The van der Waals surface area contributed by atoms with E-state index < -0.39 is 10.8 Å². The fourth-order valence-electron chi connectivity index (χ4n) is 2.65. The van der Waals surface area contributed by atoms with Crippen LogP contribution in [0.4, 0.5) is 5.69 Å². The summed E-state index contributed by atoms with van der Waals surface area (Å²) >= 11 is 1.38. The van der Waals surface area contributed by atoms with Crippen molar-refractivity contribution in [3.05, 3.63) is 62.9 Å². The highest BCUT2D eigenvalue weighted by Crippen LogP contribution is 2.27. The van der Waals surface area contributed by atoms with E-state index in [-0.39, 0.29) is 11.3 Å². The van der Waals surface area contributed by atoms with E-state index in [9.17, 15) is 14.9 Å². The number of ether oxygens (including phenoxy) is 1. The van der Waals surface area contributed by atoms with Gasteiger partial charge in [-0.05, 0) is 32.0 Å². The SMILES string of the molecule is CCOc1cccc2sc(=NC(=O)c3cccc([N+](=O)[O-])c3)n(CC)c12. The molecule has 0 aliphatic carbocycles. The smallest absolute Gasteiger partial charge is 0.279 e. The molecule has 3 aromatic rings. The maximum atomic E-state index is 12.5. The zero-order valence-electron chi connectivity index (χ0n) is 14.3. The molecule has 1 amide bonds. The molecule has 7 nitrogen and oxygen atoms in total. The predicted molar refractivity (Wildman–Crippen MR) is 99.6 cm³/mol. The van der Waals surface area contributed by atoms with Crippen molar-refractivity contribution in [2.75, 3.05) is 6.61 Å². The number of rotatable bonds is 5. The number of nitro benzene ring substituents is 1. The van der Waals surface area contributed by atoms with Crippen molar-refractivity contribution in [1.82, 2.24) is 4.57 Å². The van der Waals surface area contributed by atoms with Gasteiger partial charge in [0.15, 0.2) is 4.80 Å². The quantitative estimate of drug-likeness (QED) is 0.504. The second kappa shape index (κ2) is 7.49. The molecule has 1 heterocycles. The van der Waals surface area contributed by atoms with Crippen molar-refractivity contribution < 1.29 is 14.5 Å². The van der Waals surface area contributed by atoms with Crippen molar-refractivity contribution >= 4 is 33.1 Å². The average Bonchev–Trinajstić information content (AvgIpc) is 3.00. The average molecular weight is 371 g/mol. The van der Waals surface area contributed by atoms with E-state index in [1.54, 1.807) is 0 Å². The van der Waals surface area contributed by atoms with Crippen LogP contribution in [0.3, 0.4) is 0 Å². The van der Waals surface area contributed by atoms with Crippen LogP contribution < -0.4 is 9.54 Å². The van der Waals surface area contributed by atoms with Crippen LogP contribution in [0.15, 0.2) is 47.5 Å². The van der Waals surface area contributed by atoms with Crippen LogP contribution >= 0.6 is 11.3 Å². The lowest BCUT2D eigenvalue weighted by atomic mass is 10.2. The monoisotopic (exact) mass is 371 g/mol. The molecule has 0 aliphatic heterocycles. The van der Waals surface area contributed by atoms with Crippen molar-refractivity contribution in [1.29, 1.82) is 0 Å². The number of benzene rings is 2. The molecule has 26 heavy (non-hydrogen) atoms. The van der Waals surface area contributed by atoms with E-state index in [2.05, 4.69) is 4.99 Å². The molecule has 0 unspecified atom stereocenters. The number of hydrogen-bond donors (Lipinski definition) is 0. The predicted octanol–water partition coefficient (Wildman–Crippen LogP) is 3.77. The number of amides is 1. The number of aromatic nitrogens is 1. The molecule has 8 heteroatoms. The summed E-state index contributed by atoms with van der Waals surface area (Å²) in [5.41, 5.74) is 0.946. The highest BCUT2D eigenvalue weighted by Gasteiger charge is 2.14. The van der Waals surface area contributed by atoms with E-state index in [1.165, 1.54) is 35.6 Å². The van der Waals surface area contributed by atoms with E-state index >= 15 is 0 Å². The number of nitrogens with zero attached hydrogens (tertiary/aromatic N) is 3. The Balaban J connectivity index is 2.12. The maximum Gasteiger partial charge on any atom is 0.279 e. The number of para-hydroxylation sites is 1. The topological polar surface area (TPSA) is 86.7 Å². The van der Waals surface area contributed by atoms with Gasteiger partial charge in [0.25, 0.3) is 11.6 Å². The van der Waals surface area contributed by atoms with Gasteiger partial charge in [-0.2, -0.15) is 4.99 Å². The van der Waals surface area contributed by atoms with Crippen LogP contribution in [-0.2, 0) is 6.54 Å². The molecule has 3 rings (SSSR count). The summed E-state index contributed by atoms with van der Waals surface area (Å²) in [6, 6.07) is 11.3. The van der Waals surface area contributed by atoms with Crippen LogP contribution in [0.25, 0.3) is 10.2 Å². The Labute approximate surface area is 153 Å². The van der Waals surface area contributed by atoms with Crippen LogP contribution in [0.2, 0.25) is 0 Å². The van der Waals surface area contributed by atoms with Crippen molar-refractivity contribution in [2.45, 2.75) is 20.4 Å². The van der Waals surface area contributed by atoms with Crippen molar-refractivity contribution in [3.8, 4) is 5.75 Å². The Hall–Kier alpha value is -3.00. The first-order chi connectivity index (χ1) is 12.5. The van der Waals surface area contributed by atoms with Gasteiger partial charge in [0.05, 0.1) is 16.2 Å². The molecule has 0 fully saturated rings. The molecule has 134 valence electrons. The number of hydrogen-bond acceptors (Lipinski definition) is 5. The molecule has 2 aromatic carbocycles. The zero-order valence-corrected chi connectivity index (χ0v) is 15.2. The van der Waals surface area contributed by atoms with E-state index in [1.807, 2.05) is 36.6 Å². The Bertz CT molecular complexity index is 1050. The molecule has 0 saturated carbocycles. The summed E-state index contributed by atoms with van der Waals surface area (Å²) in [7, 11) is 0. The maximum absolute atomic E-state index is 12.5. The van der Waals surface area contributed by atoms with Gasteiger partial charge < -0.3 is 9.30 Å². The second-order valence-corrected chi connectivity index (χ2v) is 6.40. The fourth-order valence-corrected chi connectivity index (χ4v) is 3.76. The van der Waals surface area contributed by atoms with Crippen molar-refractivity contribution in [2.24, 2.45) is 4.99 Å². The Morgan fingerprint density at radius 2 is 2.04 bits per heavy atom. The lowest BCUT2D eigenvalue weighted by Gasteiger charge is -2.07. The second-order valence-electron chi connectivity index (χ2n) is 5.39. The van der Waals surface area contributed by atoms with E-state index in [0.29, 0.717) is 18.0 Å². The van der Waals surface area contributed by atoms with Crippen LogP contribution in [0, 0.1) is 10.1 Å². The number of carbonyl (C=O) groups is 1. The number of nitro groups is 1. The molecule has 0 bridgehead atoms. The lowest BCUT2D eigenvalue weighted by Crippen LogP contribution is -2.16. The summed E-state index contributed by atoms with van der Waals surface area (Å²) in [5, 5.41) is 10.9. The molecule has 0 spiro atoms. The number of fused-ring (bicyclic) bond motifs is 1. The van der Waals surface area contributed by atoms with Crippen LogP contribution in [-0.4, -0.2) is 22.0 Å². The minimum absolute atomic E-state index is 0.135. The number of aryl methyl sites for hydroxylation is 1. The highest BCUT2D eigenvalue weighted by atomic mass is 32.1. The largest absolute Gasteiger partial charge is 0.492 e. The van der Waals surface area contributed by atoms with Gasteiger partial charge >= 0.3 is 0 Å². The summed E-state index contributed by atoms with van der Waals surface area (Å²) in [6.45, 7) is 5.03. The van der Waals surface area contributed by atoms with Gasteiger partial charge in [-0.1, -0.05) is 23.5 Å². The molecular formula is C18H17N3O4S. The van der Waals surface area contributed by atoms with Gasteiger partial charge in [-0.25, -0.2) is 0 Å². The molecule has 0 saturated heterocycles. The van der Waals surface area contributed by atoms with Gasteiger partial charge in [0.2, 0.25) is 0 Å². The summed E-state index contributed by atoms with van der Waals surface area (Å²) in [4.78, 5) is 27.6.